The number of fused-ring (bicyclic) bond motifs is 5. The monoisotopic (exact) mass is 1080 g/mol. The fourth-order valence-corrected chi connectivity index (χ4v) is 16.1. The average Bonchev–Trinajstić information content (AvgIpc) is 3.89. The van der Waals surface area contributed by atoms with E-state index < -0.39 is 172 Å². The Morgan fingerprint density at radius 3 is 1.69 bits per heavy atom. The van der Waals surface area contributed by atoms with Crippen LogP contribution in [0.3, 0.4) is 0 Å². The molecule has 0 unspecified atom stereocenters. The number of ether oxygens (including phenoxy) is 8. The number of aliphatic hydroxyl groups is 14. The Kier molecular flexibility index (Phi) is 18.1. The van der Waals surface area contributed by atoms with Crippen molar-refractivity contribution >= 4 is 0 Å². The number of rotatable bonds is 16. The molecule has 22 nitrogen and oxygen atoms in total. The first-order valence-electron chi connectivity index (χ1n) is 27.3. The van der Waals surface area contributed by atoms with Crippen molar-refractivity contribution in [1.29, 1.82) is 0 Å². The summed E-state index contributed by atoms with van der Waals surface area (Å²) in [7, 11) is 0. The second-order valence-electron chi connectivity index (χ2n) is 25.3. The molecule has 0 amide bonds. The van der Waals surface area contributed by atoms with Crippen LogP contribution in [0.4, 0.5) is 0 Å². The van der Waals surface area contributed by atoms with Gasteiger partial charge in [0.1, 0.15) is 91.6 Å². The highest BCUT2D eigenvalue weighted by atomic mass is 16.8. The highest BCUT2D eigenvalue weighted by molar-refractivity contribution is 5.20. The molecule has 4 aliphatic heterocycles. The van der Waals surface area contributed by atoms with Crippen molar-refractivity contribution in [2.45, 2.75) is 248 Å². The van der Waals surface area contributed by atoms with Gasteiger partial charge in [0.2, 0.25) is 0 Å². The molecule has 0 aromatic carbocycles. The summed E-state index contributed by atoms with van der Waals surface area (Å²) >= 11 is 0. The summed E-state index contributed by atoms with van der Waals surface area (Å²) in [5, 5.41) is 151. The van der Waals surface area contributed by atoms with E-state index in [1.54, 1.807) is 0 Å². The van der Waals surface area contributed by atoms with Gasteiger partial charge in [-0.2, -0.15) is 0 Å². The predicted molar refractivity (Wildman–Crippen MR) is 260 cm³/mol. The van der Waals surface area contributed by atoms with E-state index in [4.69, 9.17) is 37.9 Å². The molecule has 0 bridgehead atoms. The molecule has 4 aliphatic carbocycles. The largest absolute Gasteiger partial charge is 0.394 e. The SMILES string of the molecule is CC(C)=CCC[C@](C)(O[C@@H]1O[C@H](CO[C@@H]2O[C@@H](CO)[C@@H](O)[C@H]2O)[C@@H](O)[C@H](O)[C@H]1O)[C@H]1CC[C@]2(C)[C@@H]1[C@H](O)C[C@@H]1[C@@]3(C)CC[C@H](O[C@@H]4O[C@H](CO)[C@@H](O)[C@H](O)[C@H]4O[C@@H]4O[C@H](CO)[C@@H](O)[C@H](O)[C@H]4O)C(C)(C)[C@@H]3CC[C@]12C. The van der Waals surface area contributed by atoms with E-state index in [2.05, 4.69) is 40.7 Å². The van der Waals surface area contributed by atoms with Crippen molar-refractivity contribution in [3.05, 3.63) is 11.6 Å². The Morgan fingerprint density at radius 2 is 1.08 bits per heavy atom. The highest BCUT2D eigenvalue weighted by Crippen LogP contribution is 2.76. The van der Waals surface area contributed by atoms with Crippen LogP contribution in [-0.4, -0.2) is 232 Å². The Bertz CT molecular complexity index is 1940. The molecule has 75 heavy (non-hydrogen) atoms. The first-order chi connectivity index (χ1) is 35.1. The molecule has 22 heteroatoms. The third kappa shape index (κ3) is 10.5. The number of hydrogen-bond acceptors (Lipinski definition) is 22. The Labute approximate surface area is 439 Å². The maximum absolute atomic E-state index is 12.8. The van der Waals surface area contributed by atoms with E-state index in [-0.39, 0.29) is 34.5 Å². The summed E-state index contributed by atoms with van der Waals surface area (Å²) in [6.45, 7) is 14.9. The maximum Gasteiger partial charge on any atom is 0.187 e. The van der Waals surface area contributed by atoms with Crippen LogP contribution in [-0.2, 0) is 37.9 Å². The van der Waals surface area contributed by atoms with Crippen molar-refractivity contribution in [2.75, 3.05) is 26.4 Å². The molecule has 4 saturated carbocycles. The van der Waals surface area contributed by atoms with Gasteiger partial charge in [-0.15, -0.1) is 0 Å². The summed E-state index contributed by atoms with van der Waals surface area (Å²) in [5.41, 5.74) is -1.47. The summed E-state index contributed by atoms with van der Waals surface area (Å²) in [6, 6.07) is 0. The van der Waals surface area contributed by atoms with Gasteiger partial charge in [0.25, 0.3) is 0 Å². The normalized spacial score (nSPS) is 52.6. The van der Waals surface area contributed by atoms with Gasteiger partial charge >= 0.3 is 0 Å². The van der Waals surface area contributed by atoms with Crippen molar-refractivity contribution < 1.29 is 109 Å². The molecule has 0 aromatic heterocycles. The van der Waals surface area contributed by atoms with Gasteiger partial charge in [0.05, 0.1) is 44.2 Å². The van der Waals surface area contributed by atoms with Gasteiger partial charge in [0, 0.05) is 0 Å². The second kappa shape index (κ2) is 22.7. The van der Waals surface area contributed by atoms with E-state index in [0.717, 1.165) is 24.8 Å². The fraction of sp³-hybridized carbons (Fsp3) is 0.962. The minimum Gasteiger partial charge on any atom is -0.394 e. The van der Waals surface area contributed by atoms with Crippen molar-refractivity contribution in [2.24, 2.45) is 45.3 Å². The lowest BCUT2D eigenvalue weighted by Crippen LogP contribution is -2.68. The molecule has 14 N–H and O–H groups in total. The van der Waals surface area contributed by atoms with Crippen LogP contribution in [0, 0.1) is 45.3 Å². The summed E-state index contributed by atoms with van der Waals surface area (Å²) < 4.78 is 48.9. The van der Waals surface area contributed by atoms with Crippen LogP contribution < -0.4 is 0 Å². The minimum atomic E-state index is -1.81. The molecule has 434 valence electrons. The molecular formula is C53H90O22. The Morgan fingerprint density at radius 1 is 0.560 bits per heavy atom. The lowest BCUT2D eigenvalue weighted by molar-refractivity contribution is -0.378. The van der Waals surface area contributed by atoms with Crippen LogP contribution in [0.5, 0.6) is 0 Å². The summed E-state index contributed by atoms with van der Waals surface area (Å²) in [4.78, 5) is 0. The average molecular weight is 1080 g/mol. The molecular weight excluding hydrogens is 989 g/mol. The molecule has 0 aromatic rings. The molecule has 0 spiro atoms. The van der Waals surface area contributed by atoms with E-state index in [9.17, 15) is 71.5 Å². The Hall–Kier alpha value is -1.14. The van der Waals surface area contributed by atoms with Gasteiger partial charge in [-0.1, -0.05) is 46.3 Å². The molecule has 4 heterocycles. The van der Waals surface area contributed by atoms with E-state index in [1.807, 2.05) is 20.8 Å². The van der Waals surface area contributed by atoms with Gasteiger partial charge in [-0.25, -0.2) is 0 Å². The van der Waals surface area contributed by atoms with Crippen LogP contribution in [0.1, 0.15) is 113 Å². The van der Waals surface area contributed by atoms with Gasteiger partial charge in [0.15, 0.2) is 25.2 Å². The first kappa shape index (κ1) is 60.0. The quantitative estimate of drug-likeness (QED) is 0.0614. The van der Waals surface area contributed by atoms with Gasteiger partial charge in [-0.05, 0) is 124 Å². The lowest BCUT2D eigenvalue weighted by atomic mass is 9.35. The lowest BCUT2D eigenvalue weighted by Gasteiger charge is -2.71. The number of hydrogen-bond donors (Lipinski definition) is 14. The van der Waals surface area contributed by atoms with Crippen molar-refractivity contribution in [3.8, 4) is 0 Å². The van der Waals surface area contributed by atoms with Gasteiger partial charge < -0.3 is 109 Å². The van der Waals surface area contributed by atoms with E-state index >= 15 is 0 Å². The zero-order chi connectivity index (χ0) is 55.1. The van der Waals surface area contributed by atoms with Crippen LogP contribution in [0.15, 0.2) is 11.6 Å². The Balaban J connectivity index is 1.01. The van der Waals surface area contributed by atoms with Crippen molar-refractivity contribution in [1.82, 2.24) is 0 Å². The standard InChI is InChI=1S/C53H90O22/c1-23(2)10-9-14-53(8,75-47-43(67)39(63)37(61)29(72-47)22-68-45-41(65)36(60)28(21-56)69-45)24-11-16-52(7)33(24)25(57)18-31-50(5)15-13-32(49(3,4)30(50)12-17-51(31,52)6)73-48-44(40(64)35(59)27(20-55)71-48)74-46-42(66)38(62)34(58)26(19-54)70-46/h10,24-48,54-67H,9,11-22H2,1-8H3/t24-,25+,26+,27+,28-,29+,30-,31+,32-,33-,34+,35+,36+,37+,38-,39-,40-,41+,42+,43+,44+,45+,46-,47-,48-,50-,51+,52+,53-/m0/s1. The molecule has 8 rings (SSSR count). The number of aliphatic hydroxyl groups excluding tert-OH is 14. The molecule has 8 fully saturated rings. The topological polar surface area (TPSA) is 357 Å². The summed E-state index contributed by atoms with van der Waals surface area (Å²) in [6.07, 6.45) is -22.1. The second-order valence-corrected chi connectivity index (χ2v) is 25.3. The first-order valence-corrected chi connectivity index (χ1v) is 27.3. The van der Waals surface area contributed by atoms with Crippen molar-refractivity contribution in [3.63, 3.8) is 0 Å². The van der Waals surface area contributed by atoms with Crippen LogP contribution in [0.25, 0.3) is 0 Å². The summed E-state index contributed by atoms with van der Waals surface area (Å²) in [5.74, 6) is -0.394. The fourth-order valence-electron chi connectivity index (χ4n) is 16.1. The molecule has 0 radical (unpaired) electrons. The molecule has 8 aliphatic rings. The van der Waals surface area contributed by atoms with Crippen LogP contribution >= 0.6 is 0 Å². The zero-order valence-corrected chi connectivity index (χ0v) is 44.7. The molecule has 4 saturated heterocycles. The third-order valence-electron chi connectivity index (χ3n) is 20.5. The predicted octanol–water partition coefficient (Wildman–Crippen LogP) is -1.56. The third-order valence-corrected chi connectivity index (χ3v) is 20.5. The van der Waals surface area contributed by atoms with E-state index in [0.29, 0.717) is 38.5 Å². The van der Waals surface area contributed by atoms with Gasteiger partial charge in [-0.3, -0.25) is 0 Å². The molecule has 29 atom stereocenters. The highest BCUT2D eigenvalue weighted by Gasteiger charge is 2.72. The van der Waals surface area contributed by atoms with E-state index in [1.165, 1.54) is 0 Å². The smallest absolute Gasteiger partial charge is 0.187 e. The van der Waals surface area contributed by atoms with Crippen LogP contribution in [0.2, 0.25) is 0 Å². The minimum absolute atomic E-state index is 0.0508. The number of allylic oxidation sites excluding steroid dienone is 2. The zero-order valence-electron chi connectivity index (χ0n) is 44.7. The maximum atomic E-state index is 12.8.